The van der Waals surface area contributed by atoms with Crippen molar-refractivity contribution in [2.24, 2.45) is 5.92 Å². The van der Waals surface area contributed by atoms with E-state index in [-0.39, 0.29) is 17.2 Å². The monoisotopic (exact) mass is 222 g/mol. The molecule has 0 bridgehead atoms. The second kappa shape index (κ2) is 2.97. The van der Waals surface area contributed by atoms with Crippen LogP contribution in [0, 0.1) is 11.7 Å². The molecule has 0 radical (unpaired) electrons. The SMILES string of the molecule is O=C(O)[C@@H]1C[C@]12CCOc1ccc(F)cc12. The molecule has 2 atom stereocenters. The lowest BCUT2D eigenvalue weighted by molar-refractivity contribution is -0.139. The van der Waals surface area contributed by atoms with E-state index in [4.69, 9.17) is 9.84 Å². The van der Waals surface area contributed by atoms with Gasteiger partial charge in [0.2, 0.25) is 0 Å². The van der Waals surface area contributed by atoms with Crippen molar-refractivity contribution in [2.45, 2.75) is 18.3 Å². The second-order valence-corrected chi connectivity index (χ2v) is 4.49. The molecule has 1 fully saturated rings. The van der Waals surface area contributed by atoms with E-state index in [0.717, 1.165) is 5.56 Å². The van der Waals surface area contributed by atoms with E-state index in [0.29, 0.717) is 25.2 Å². The Morgan fingerprint density at radius 2 is 2.38 bits per heavy atom. The van der Waals surface area contributed by atoms with Crippen molar-refractivity contribution in [1.82, 2.24) is 0 Å². The van der Waals surface area contributed by atoms with E-state index < -0.39 is 5.97 Å². The molecule has 2 aliphatic rings. The van der Waals surface area contributed by atoms with Gasteiger partial charge >= 0.3 is 5.97 Å². The highest BCUT2D eigenvalue weighted by molar-refractivity contribution is 5.78. The largest absolute Gasteiger partial charge is 0.493 e. The average Bonchev–Trinajstić information content (AvgIpc) is 2.96. The van der Waals surface area contributed by atoms with Crippen LogP contribution in [0.15, 0.2) is 18.2 Å². The summed E-state index contributed by atoms with van der Waals surface area (Å²) in [4.78, 5) is 11.0. The number of carboxylic acids is 1. The van der Waals surface area contributed by atoms with E-state index in [1.165, 1.54) is 12.1 Å². The maximum atomic E-state index is 13.2. The lowest BCUT2D eigenvalue weighted by atomic mass is 9.87. The molecular formula is C12H11FO3. The number of fused-ring (bicyclic) bond motifs is 2. The molecule has 0 aromatic heterocycles. The molecule has 3 nitrogen and oxygen atoms in total. The fourth-order valence-corrected chi connectivity index (χ4v) is 2.70. The van der Waals surface area contributed by atoms with Crippen LogP contribution < -0.4 is 4.74 Å². The first kappa shape index (κ1) is 9.63. The molecule has 3 rings (SSSR count). The van der Waals surface area contributed by atoms with Gasteiger partial charge in [0.1, 0.15) is 11.6 Å². The first-order valence-corrected chi connectivity index (χ1v) is 5.29. The molecule has 1 aliphatic carbocycles. The predicted molar refractivity (Wildman–Crippen MR) is 53.9 cm³/mol. The Labute approximate surface area is 91.8 Å². The maximum Gasteiger partial charge on any atom is 0.307 e. The number of hydrogen-bond donors (Lipinski definition) is 1. The van der Waals surface area contributed by atoms with Gasteiger partial charge in [0.15, 0.2) is 0 Å². The zero-order chi connectivity index (χ0) is 11.3. The minimum atomic E-state index is -0.794. The lowest BCUT2D eigenvalue weighted by Crippen LogP contribution is -2.24. The molecule has 4 heteroatoms. The number of hydrogen-bond acceptors (Lipinski definition) is 2. The molecule has 0 amide bonds. The molecule has 1 aromatic rings. The number of carboxylic acid groups (broad SMARTS) is 1. The third-order valence-corrected chi connectivity index (χ3v) is 3.66. The van der Waals surface area contributed by atoms with Gasteiger partial charge in [-0.05, 0) is 31.0 Å². The molecule has 1 aliphatic heterocycles. The van der Waals surface area contributed by atoms with Gasteiger partial charge in [-0.25, -0.2) is 4.39 Å². The molecule has 1 aromatic carbocycles. The Morgan fingerprint density at radius 3 is 3.06 bits per heavy atom. The number of carbonyl (C=O) groups is 1. The molecule has 84 valence electrons. The molecule has 1 heterocycles. The number of ether oxygens (including phenoxy) is 1. The van der Waals surface area contributed by atoms with E-state index >= 15 is 0 Å². The molecule has 0 saturated heterocycles. The third-order valence-electron chi connectivity index (χ3n) is 3.66. The first-order valence-electron chi connectivity index (χ1n) is 5.29. The lowest BCUT2D eigenvalue weighted by Gasteiger charge is -2.26. The maximum absolute atomic E-state index is 13.2. The van der Waals surface area contributed by atoms with Crippen molar-refractivity contribution >= 4 is 5.97 Å². The van der Waals surface area contributed by atoms with Crippen LogP contribution in [0.2, 0.25) is 0 Å². The highest BCUT2D eigenvalue weighted by Crippen LogP contribution is 2.60. The zero-order valence-electron chi connectivity index (χ0n) is 8.57. The van der Waals surface area contributed by atoms with Crippen molar-refractivity contribution in [2.75, 3.05) is 6.61 Å². The molecule has 16 heavy (non-hydrogen) atoms. The predicted octanol–water partition coefficient (Wildman–Crippen LogP) is 1.95. The Kier molecular flexibility index (Phi) is 1.79. The fraction of sp³-hybridized carbons (Fsp3) is 0.417. The van der Waals surface area contributed by atoms with Gasteiger partial charge in [-0.1, -0.05) is 0 Å². The van der Waals surface area contributed by atoms with Gasteiger partial charge in [0, 0.05) is 11.0 Å². The number of benzene rings is 1. The van der Waals surface area contributed by atoms with E-state index in [2.05, 4.69) is 0 Å². The summed E-state index contributed by atoms with van der Waals surface area (Å²) in [6, 6.07) is 4.34. The third kappa shape index (κ3) is 1.16. The summed E-state index contributed by atoms with van der Waals surface area (Å²) in [6.07, 6.45) is 1.27. The summed E-state index contributed by atoms with van der Waals surface area (Å²) >= 11 is 0. The summed E-state index contributed by atoms with van der Waals surface area (Å²) in [5.41, 5.74) is 0.354. The van der Waals surface area contributed by atoms with Gasteiger partial charge in [0.05, 0.1) is 12.5 Å². The quantitative estimate of drug-likeness (QED) is 0.790. The van der Waals surface area contributed by atoms with Gasteiger partial charge in [-0.3, -0.25) is 4.79 Å². The second-order valence-electron chi connectivity index (χ2n) is 4.49. The summed E-state index contributed by atoms with van der Waals surface area (Å²) in [5.74, 6) is -0.870. The van der Waals surface area contributed by atoms with Crippen LogP contribution >= 0.6 is 0 Å². The van der Waals surface area contributed by atoms with Crippen molar-refractivity contribution in [3.05, 3.63) is 29.6 Å². The van der Waals surface area contributed by atoms with Gasteiger partial charge in [-0.2, -0.15) is 0 Å². The van der Waals surface area contributed by atoms with Crippen LogP contribution in [0.5, 0.6) is 5.75 Å². The van der Waals surface area contributed by atoms with Crippen molar-refractivity contribution < 1.29 is 19.0 Å². The van der Waals surface area contributed by atoms with Crippen LogP contribution in [-0.2, 0) is 10.2 Å². The fourth-order valence-electron chi connectivity index (χ4n) is 2.70. The van der Waals surface area contributed by atoms with Crippen LogP contribution in [0.1, 0.15) is 18.4 Å². The first-order chi connectivity index (χ1) is 7.63. The van der Waals surface area contributed by atoms with E-state index in [1.54, 1.807) is 6.07 Å². The normalized spacial score (nSPS) is 30.7. The average molecular weight is 222 g/mol. The summed E-state index contributed by atoms with van der Waals surface area (Å²) in [5, 5.41) is 9.03. The minimum absolute atomic E-state index is 0.334. The Morgan fingerprint density at radius 1 is 1.56 bits per heavy atom. The highest BCUT2D eigenvalue weighted by atomic mass is 19.1. The highest BCUT2D eigenvalue weighted by Gasteiger charge is 2.61. The van der Waals surface area contributed by atoms with Gasteiger partial charge in [0.25, 0.3) is 0 Å². The zero-order valence-corrected chi connectivity index (χ0v) is 8.57. The topological polar surface area (TPSA) is 46.5 Å². The smallest absolute Gasteiger partial charge is 0.307 e. The Bertz CT molecular complexity index is 471. The standard InChI is InChI=1S/C12H11FO3/c13-7-1-2-10-8(5-7)12(3-4-16-10)6-9(12)11(14)15/h1-2,5,9H,3-4,6H2,(H,14,15)/t9-,12-/m0/s1. The van der Waals surface area contributed by atoms with E-state index in [9.17, 15) is 9.18 Å². The van der Waals surface area contributed by atoms with Gasteiger partial charge in [-0.15, -0.1) is 0 Å². The molecule has 0 unspecified atom stereocenters. The molecule has 1 saturated carbocycles. The Balaban J connectivity index is 2.07. The van der Waals surface area contributed by atoms with E-state index in [1.807, 2.05) is 0 Å². The number of rotatable bonds is 1. The van der Waals surface area contributed by atoms with Gasteiger partial charge < -0.3 is 9.84 Å². The molecular weight excluding hydrogens is 211 g/mol. The Hall–Kier alpha value is -1.58. The van der Waals surface area contributed by atoms with Crippen molar-refractivity contribution in [3.63, 3.8) is 0 Å². The summed E-state index contributed by atoms with van der Waals surface area (Å²) < 4.78 is 18.6. The van der Waals surface area contributed by atoms with Crippen LogP contribution in [-0.4, -0.2) is 17.7 Å². The van der Waals surface area contributed by atoms with Crippen molar-refractivity contribution in [3.8, 4) is 5.75 Å². The number of aliphatic carboxylic acids is 1. The summed E-state index contributed by atoms with van der Waals surface area (Å²) in [7, 11) is 0. The van der Waals surface area contributed by atoms with Crippen LogP contribution in [0.25, 0.3) is 0 Å². The molecule has 1 spiro atoms. The number of halogens is 1. The van der Waals surface area contributed by atoms with Crippen molar-refractivity contribution in [1.29, 1.82) is 0 Å². The van der Waals surface area contributed by atoms with Crippen LogP contribution in [0.4, 0.5) is 4.39 Å². The molecule has 1 N–H and O–H groups in total. The summed E-state index contributed by atoms with van der Waals surface area (Å²) in [6.45, 7) is 0.516. The van der Waals surface area contributed by atoms with Crippen LogP contribution in [0.3, 0.4) is 0 Å². The minimum Gasteiger partial charge on any atom is -0.493 e.